The molecule has 0 saturated heterocycles. The van der Waals surface area contributed by atoms with E-state index in [1.165, 1.54) is 18.2 Å². The van der Waals surface area contributed by atoms with E-state index in [0.29, 0.717) is 5.39 Å². The van der Waals surface area contributed by atoms with Crippen molar-refractivity contribution < 1.29 is 13.2 Å². The number of pyridine rings is 1. The third-order valence-electron chi connectivity index (χ3n) is 2.12. The van der Waals surface area contributed by atoms with Crippen LogP contribution in [0.3, 0.4) is 0 Å². The summed E-state index contributed by atoms with van der Waals surface area (Å²) in [6.07, 6.45) is -4.53. The van der Waals surface area contributed by atoms with Crippen molar-refractivity contribution in [2.24, 2.45) is 0 Å². The molecule has 2 aromatic rings. The number of H-pyrrole nitrogens is 1. The number of rotatable bonds is 0. The van der Waals surface area contributed by atoms with Crippen LogP contribution in [0.2, 0.25) is 5.02 Å². The largest absolute Gasteiger partial charge is 0.417 e. The molecule has 0 unspecified atom stereocenters. The van der Waals surface area contributed by atoms with Gasteiger partial charge in [0, 0.05) is 11.6 Å². The Hall–Kier alpha value is -1.49. The summed E-state index contributed by atoms with van der Waals surface area (Å²) >= 11 is 5.52. The molecule has 0 bridgehead atoms. The quantitative estimate of drug-likeness (QED) is 0.762. The van der Waals surface area contributed by atoms with Gasteiger partial charge in [0.1, 0.15) is 0 Å². The van der Waals surface area contributed by atoms with E-state index in [-0.39, 0.29) is 10.5 Å². The van der Waals surface area contributed by atoms with Crippen molar-refractivity contribution in [3.8, 4) is 0 Å². The lowest BCUT2D eigenvalue weighted by molar-refractivity contribution is -0.137. The average Bonchev–Trinajstić information content (AvgIpc) is 2.16. The van der Waals surface area contributed by atoms with Gasteiger partial charge >= 0.3 is 6.18 Å². The number of halogens is 4. The summed E-state index contributed by atoms with van der Waals surface area (Å²) in [6.45, 7) is 0. The Morgan fingerprint density at radius 1 is 1.19 bits per heavy atom. The lowest BCUT2D eigenvalue weighted by Crippen LogP contribution is -2.08. The highest BCUT2D eigenvalue weighted by Crippen LogP contribution is 2.36. The van der Waals surface area contributed by atoms with Crippen molar-refractivity contribution in [2.45, 2.75) is 6.18 Å². The monoisotopic (exact) mass is 247 g/mol. The zero-order valence-electron chi connectivity index (χ0n) is 7.73. The van der Waals surface area contributed by atoms with Gasteiger partial charge in [-0.15, -0.1) is 0 Å². The molecule has 2 nitrogen and oxygen atoms in total. The molecule has 0 fully saturated rings. The first kappa shape index (κ1) is 11.0. The molecule has 0 saturated carbocycles. The Kier molecular flexibility index (Phi) is 2.42. The molecule has 0 atom stereocenters. The minimum Gasteiger partial charge on any atom is -0.322 e. The summed E-state index contributed by atoms with van der Waals surface area (Å²) in [5.41, 5.74) is -1.30. The molecular formula is C10H5ClF3NO. The zero-order valence-corrected chi connectivity index (χ0v) is 8.49. The first-order valence-electron chi connectivity index (χ1n) is 4.28. The van der Waals surface area contributed by atoms with Gasteiger partial charge in [-0.25, -0.2) is 0 Å². The first-order valence-corrected chi connectivity index (χ1v) is 4.65. The highest BCUT2D eigenvalue weighted by Gasteiger charge is 2.33. The van der Waals surface area contributed by atoms with Crippen molar-refractivity contribution in [2.75, 3.05) is 0 Å². The lowest BCUT2D eigenvalue weighted by Gasteiger charge is -2.09. The number of alkyl halides is 3. The number of aromatic amines is 1. The standard InChI is InChI=1S/C10H5ClF3NO/c11-7-3-5-1-2-9(16)15-8(5)4-6(7)10(12,13)14/h1-4H,(H,15,16). The van der Waals surface area contributed by atoms with Crippen molar-refractivity contribution >= 4 is 22.5 Å². The van der Waals surface area contributed by atoms with E-state index >= 15 is 0 Å². The van der Waals surface area contributed by atoms with E-state index in [2.05, 4.69) is 4.98 Å². The molecular weight excluding hydrogens is 243 g/mol. The SMILES string of the molecule is O=c1ccc2cc(Cl)c(C(F)(F)F)cc2[nH]1. The zero-order chi connectivity index (χ0) is 11.9. The number of aromatic nitrogens is 1. The molecule has 1 aromatic carbocycles. The maximum Gasteiger partial charge on any atom is 0.417 e. The molecule has 84 valence electrons. The second kappa shape index (κ2) is 3.52. The van der Waals surface area contributed by atoms with Gasteiger partial charge in [-0.05, 0) is 23.6 Å². The smallest absolute Gasteiger partial charge is 0.322 e. The fraction of sp³-hybridized carbons (Fsp3) is 0.100. The molecule has 0 aliphatic heterocycles. The summed E-state index contributed by atoms with van der Waals surface area (Å²) in [5, 5.41) is 0.0737. The lowest BCUT2D eigenvalue weighted by atomic mass is 10.1. The third-order valence-corrected chi connectivity index (χ3v) is 2.43. The normalized spacial score (nSPS) is 12.0. The Morgan fingerprint density at radius 3 is 2.50 bits per heavy atom. The first-order chi connectivity index (χ1) is 7.38. The van der Waals surface area contributed by atoms with Crippen LogP contribution >= 0.6 is 11.6 Å². The van der Waals surface area contributed by atoms with Gasteiger partial charge in [0.05, 0.1) is 10.6 Å². The van der Waals surface area contributed by atoms with E-state index in [1.54, 1.807) is 0 Å². The Morgan fingerprint density at radius 2 is 1.88 bits per heavy atom. The molecule has 0 spiro atoms. The van der Waals surface area contributed by atoms with Gasteiger partial charge < -0.3 is 4.98 Å². The molecule has 0 aliphatic rings. The molecule has 0 radical (unpaired) electrons. The number of nitrogens with one attached hydrogen (secondary N) is 1. The molecule has 2 rings (SSSR count). The van der Waals surface area contributed by atoms with Gasteiger partial charge in [0.25, 0.3) is 0 Å². The summed E-state index contributed by atoms with van der Waals surface area (Å²) in [5.74, 6) is 0. The van der Waals surface area contributed by atoms with E-state index < -0.39 is 17.3 Å². The van der Waals surface area contributed by atoms with Crippen LogP contribution in [0.4, 0.5) is 13.2 Å². The van der Waals surface area contributed by atoms with Gasteiger partial charge in [0.15, 0.2) is 0 Å². The highest BCUT2D eigenvalue weighted by molar-refractivity contribution is 6.32. The Balaban J connectivity index is 2.79. The summed E-state index contributed by atoms with van der Waals surface area (Å²) in [4.78, 5) is 13.3. The number of hydrogen-bond acceptors (Lipinski definition) is 1. The minimum absolute atomic E-state index is 0.115. The van der Waals surface area contributed by atoms with Gasteiger partial charge in [-0.3, -0.25) is 4.79 Å². The van der Waals surface area contributed by atoms with Crippen LogP contribution in [-0.2, 0) is 6.18 Å². The van der Waals surface area contributed by atoms with Gasteiger partial charge in [-0.2, -0.15) is 13.2 Å². The number of benzene rings is 1. The minimum atomic E-state index is -4.53. The van der Waals surface area contributed by atoms with Crippen molar-refractivity contribution in [3.05, 3.63) is 45.2 Å². The van der Waals surface area contributed by atoms with Crippen LogP contribution < -0.4 is 5.56 Å². The van der Waals surface area contributed by atoms with Crippen LogP contribution in [0, 0.1) is 0 Å². The van der Waals surface area contributed by atoms with Crippen molar-refractivity contribution in [1.29, 1.82) is 0 Å². The van der Waals surface area contributed by atoms with Crippen LogP contribution in [-0.4, -0.2) is 4.98 Å². The molecule has 1 heterocycles. The molecule has 0 amide bonds. The Labute approximate surface area is 92.7 Å². The van der Waals surface area contributed by atoms with E-state index in [1.807, 2.05) is 0 Å². The molecule has 6 heteroatoms. The van der Waals surface area contributed by atoms with Crippen LogP contribution in [0.1, 0.15) is 5.56 Å². The van der Waals surface area contributed by atoms with Crippen molar-refractivity contribution in [3.63, 3.8) is 0 Å². The summed E-state index contributed by atoms with van der Waals surface area (Å²) < 4.78 is 37.5. The molecule has 1 N–H and O–H groups in total. The van der Waals surface area contributed by atoms with Crippen molar-refractivity contribution in [1.82, 2.24) is 4.98 Å². The van der Waals surface area contributed by atoms with Crippen LogP contribution in [0.25, 0.3) is 10.9 Å². The molecule has 1 aromatic heterocycles. The topological polar surface area (TPSA) is 32.9 Å². The fourth-order valence-corrected chi connectivity index (χ4v) is 1.67. The van der Waals surface area contributed by atoms with Crippen LogP contribution in [0.15, 0.2) is 29.1 Å². The second-order valence-electron chi connectivity index (χ2n) is 3.24. The average molecular weight is 248 g/mol. The van der Waals surface area contributed by atoms with Gasteiger partial charge in [-0.1, -0.05) is 11.6 Å². The fourth-order valence-electron chi connectivity index (χ4n) is 1.39. The predicted octanol–water partition coefficient (Wildman–Crippen LogP) is 3.20. The van der Waals surface area contributed by atoms with E-state index in [0.717, 1.165) is 6.07 Å². The van der Waals surface area contributed by atoms with Crippen LogP contribution in [0.5, 0.6) is 0 Å². The summed E-state index contributed by atoms with van der Waals surface area (Å²) in [6, 6.07) is 4.65. The predicted molar refractivity (Wildman–Crippen MR) is 54.6 cm³/mol. The van der Waals surface area contributed by atoms with Gasteiger partial charge in [0.2, 0.25) is 5.56 Å². The van der Waals surface area contributed by atoms with E-state index in [9.17, 15) is 18.0 Å². The molecule has 0 aliphatic carbocycles. The summed E-state index contributed by atoms with van der Waals surface area (Å²) in [7, 11) is 0. The third kappa shape index (κ3) is 1.90. The van der Waals surface area contributed by atoms with E-state index in [4.69, 9.17) is 11.6 Å². The molecule has 16 heavy (non-hydrogen) atoms. The second-order valence-corrected chi connectivity index (χ2v) is 3.65. The maximum atomic E-state index is 12.5. The highest BCUT2D eigenvalue weighted by atomic mass is 35.5. The number of fused-ring (bicyclic) bond motifs is 1. The maximum absolute atomic E-state index is 12.5. The number of hydrogen-bond donors (Lipinski definition) is 1. The Bertz CT molecular complexity index is 603.